The molecule has 46 heavy (non-hydrogen) atoms. The van der Waals surface area contributed by atoms with Crippen molar-refractivity contribution < 1.29 is 29.0 Å². The molecule has 9 atom stereocenters. The van der Waals surface area contributed by atoms with Gasteiger partial charge in [0.1, 0.15) is 0 Å². The number of carbonyl (C=O) groups is 3. The minimum atomic E-state index is -1.89. The number of ketones is 2. The quantitative estimate of drug-likeness (QED) is 0.0593. The topological polar surface area (TPSA) is 141 Å². The van der Waals surface area contributed by atoms with Gasteiger partial charge in [-0.15, -0.1) is 0 Å². The van der Waals surface area contributed by atoms with E-state index < -0.39 is 29.0 Å². The summed E-state index contributed by atoms with van der Waals surface area (Å²) in [5, 5.41) is 24.3. The zero-order valence-electron chi connectivity index (χ0n) is 28.8. The Kier molecular flexibility index (Phi) is 12.1. The number of hydrogen-bond donors (Lipinski definition) is 5. The molecule has 10 heteroatoms. The molecule has 2 aliphatic heterocycles. The van der Waals surface area contributed by atoms with Crippen molar-refractivity contribution in [2.75, 3.05) is 40.0 Å². The fourth-order valence-corrected chi connectivity index (χ4v) is 9.19. The zero-order chi connectivity index (χ0) is 32.9. The molecule has 260 valence electrons. The van der Waals surface area contributed by atoms with Crippen molar-refractivity contribution in [3.05, 3.63) is 11.1 Å². The molecule has 9 unspecified atom stereocenters. The van der Waals surface area contributed by atoms with Gasteiger partial charge in [-0.25, -0.2) is 4.79 Å². The molecule has 0 amide bonds. The van der Waals surface area contributed by atoms with Crippen molar-refractivity contribution in [3.8, 4) is 0 Å². The lowest BCUT2D eigenvalue weighted by Gasteiger charge is -2.38. The first kappa shape index (κ1) is 35.6. The molecule has 5 N–H and O–H groups in total. The van der Waals surface area contributed by atoms with E-state index in [0.717, 1.165) is 89.5 Å². The number of fused-ring (bicyclic) bond motifs is 2. The molecule has 0 bridgehead atoms. The molecule has 10 nitrogen and oxygen atoms in total. The van der Waals surface area contributed by atoms with E-state index >= 15 is 0 Å². The Morgan fingerprint density at radius 2 is 1.78 bits per heavy atom. The van der Waals surface area contributed by atoms with Gasteiger partial charge in [0.05, 0.1) is 19.4 Å². The molecule has 3 saturated carbocycles. The van der Waals surface area contributed by atoms with Crippen LogP contribution < -0.4 is 21.3 Å². The van der Waals surface area contributed by atoms with Crippen LogP contribution in [-0.4, -0.2) is 86.1 Å². The lowest BCUT2D eigenvalue weighted by molar-refractivity contribution is -0.160. The third-order valence-corrected chi connectivity index (χ3v) is 12.1. The fourth-order valence-electron chi connectivity index (χ4n) is 9.19. The Morgan fingerprint density at radius 3 is 2.48 bits per heavy atom. The first-order valence-electron chi connectivity index (χ1n) is 18.3. The fraction of sp³-hybridized carbons (Fsp3) is 0.861. The lowest BCUT2D eigenvalue weighted by atomic mass is 9.60. The second-order valence-electron chi connectivity index (χ2n) is 14.8. The number of ether oxygens (including phenoxy) is 2. The van der Waals surface area contributed by atoms with Crippen LogP contribution in [0.2, 0.25) is 0 Å². The maximum Gasteiger partial charge on any atom is 0.350 e. The Balaban J connectivity index is 1.33. The third-order valence-electron chi connectivity index (χ3n) is 12.1. The van der Waals surface area contributed by atoms with Crippen molar-refractivity contribution >= 4 is 17.5 Å². The monoisotopic (exact) mass is 644 g/mol. The molecule has 5 fully saturated rings. The SMILES string of the molecule is CCNC1CCC(CC)CC1COC(=O)C12OC1(CC(CO)=C(C)CCC1CCNC(NCNC)C1)C(=O)C1CCCCC1C2=O. The molecule has 0 aromatic heterocycles. The Labute approximate surface area is 275 Å². The molecule has 0 aromatic carbocycles. The highest BCUT2D eigenvalue weighted by molar-refractivity contribution is 6.23. The lowest BCUT2D eigenvalue weighted by Crippen LogP contribution is -2.58. The summed E-state index contributed by atoms with van der Waals surface area (Å²) in [5.74, 6) is -0.754. The first-order chi connectivity index (χ1) is 22.2. The molecule has 0 spiro atoms. The molecular weight excluding hydrogens is 584 g/mol. The highest BCUT2D eigenvalue weighted by Gasteiger charge is 2.87. The van der Waals surface area contributed by atoms with Gasteiger partial charge < -0.3 is 30.5 Å². The average molecular weight is 645 g/mol. The van der Waals surface area contributed by atoms with E-state index in [1.165, 1.54) is 0 Å². The molecule has 3 aliphatic carbocycles. The second-order valence-corrected chi connectivity index (χ2v) is 14.8. The van der Waals surface area contributed by atoms with E-state index in [0.29, 0.717) is 30.3 Å². The average Bonchev–Trinajstić information content (AvgIpc) is 3.79. The maximum atomic E-state index is 14.3. The van der Waals surface area contributed by atoms with Crippen molar-refractivity contribution in [1.82, 2.24) is 21.3 Å². The number of rotatable bonds is 15. The Bertz CT molecular complexity index is 1130. The van der Waals surface area contributed by atoms with Crippen LogP contribution in [-0.2, 0) is 23.9 Å². The number of aliphatic hydroxyl groups excluding tert-OH is 1. The normalized spacial score (nSPS) is 38.1. The van der Waals surface area contributed by atoms with Crippen LogP contribution in [0, 0.1) is 29.6 Å². The molecular formula is C36H60N4O6. The third kappa shape index (κ3) is 7.03. The van der Waals surface area contributed by atoms with Crippen molar-refractivity contribution in [1.29, 1.82) is 0 Å². The second kappa shape index (κ2) is 15.7. The number of epoxide rings is 1. The van der Waals surface area contributed by atoms with Crippen LogP contribution in [0.15, 0.2) is 11.1 Å². The predicted octanol–water partition coefficient (Wildman–Crippen LogP) is 3.37. The number of allylic oxidation sites excluding steroid dienone is 1. The Morgan fingerprint density at radius 1 is 1.02 bits per heavy atom. The van der Waals surface area contributed by atoms with Gasteiger partial charge >= 0.3 is 5.97 Å². The Hall–Kier alpha value is -1.69. The summed E-state index contributed by atoms with van der Waals surface area (Å²) in [4.78, 5) is 42.6. The van der Waals surface area contributed by atoms with Crippen molar-refractivity contribution in [3.63, 3.8) is 0 Å². The van der Waals surface area contributed by atoms with E-state index in [-0.39, 0.29) is 49.3 Å². The summed E-state index contributed by atoms with van der Waals surface area (Å²) in [5.41, 5.74) is -1.75. The number of esters is 1. The molecule has 5 aliphatic rings. The van der Waals surface area contributed by atoms with Gasteiger partial charge in [0.15, 0.2) is 17.2 Å². The molecule has 0 aromatic rings. The zero-order valence-corrected chi connectivity index (χ0v) is 28.8. The minimum Gasteiger partial charge on any atom is -0.463 e. The van der Waals surface area contributed by atoms with Crippen LogP contribution in [0.5, 0.6) is 0 Å². The van der Waals surface area contributed by atoms with E-state index in [9.17, 15) is 19.5 Å². The van der Waals surface area contributed by atoms with Crippen LogP contribution >= 0.6 is 0 Å². The summed E-state index contributed by atoms with van der Waals surface area (Å²) in [7, 11) is 1.92. The van der Waals surface area contributed by atoms with E-state index in [1.807, 2.05) is 14.0 Å². The maximum absolute atomic E-state index is 14.3. The van der Waals surface area contributed by atoms with Crippen LogP contribution in [0.1, 0.15) is 104 Å². The molecule has 2 saturated heterocycles. The largest absolute Gasteiger partial charge is 0.463 e. The predicted molar refractivity (Wildman–Crippen MR) is 177 cm³/mol. The number of aliphatic hydroxyl groups is 1. The van der Waals surface area contributed by atoms with Crippen LogP contribution in [0.3, 0.4) is 0 Å². The molecule has 2 heterocycles. The molecule has 0 radical (unpaired) electrons. The van der Waals surface area contributed by atoms with Gasteiger partial charge in [-0.2, -0.15) is 0 Å². The molecule has 5 rings (SSSR count). The summed E-state index contributed by atoms with van der Waals surface area (Å²) in [6.45, 7) is 8.83. The van der Waals surface area contributed by atoms with Gasteiger partial charge in [-0.05, 0) is 102 Å². The highest BCUT2D eigenvalue weighted by Crippen LogP contribution is 2.62. The van der Waals surface area contributed by atoms with Crippen molar-refractivity contribution in [2.24, 2.45) is 29.6 Å². The van der Waals surface area contributed by atoms with Gasteiger partial charge in [0, 0.05) is 36.9 Å². The van der Waals surface area contributed by atoms with E-state index in [2.05, 4.69) is 35.1 Å². The summed E-state index contributed by atoms with van der Waals surface area (Å²) in [6.07, 6.45) is 11.5. The minimum absolute atomic E-state index is 0.0676. The highest BCUT2D eigenvalue weighted by atomic mass is 16.7. The van der Waals surface area contributed by atoms with Gasteiger partial charge in [0.2, 0.25) is 0 Å². The first-order valence-corrected chi connectivity index (χ1v) is 18.3. The number of hydrogen-bond acceptors (Lipinski definition) is 10. The summed E-state index contributed by atoms with van der Waals surface area (Å²) >= 11 is 0. The van der Waals surface area contributed by atoms with Crippen LogP contribution in [0.4, 0.5) is 0 Å². The summed E-state index contributed by atoms with van der Waals surface area (Å²) in [6, 6.07) is 0.260. The van der Waals surface area contributed by atoms with Gasteiger partial charge in [-0.3, -0.25) is 14.9 Å². The van der Waals surface area contributed by atoms with Crippen molar-refractivity contribution in [2.45, 2.75) is 128 Å². The van der Waals surface area contributed by atoms with E-state index in [1.54, 1.807) is 0 Å². The summed E-state index contributed by atoms with van der Waals surface area (Å²) < 4.78 is 12.3. The van der Waals surface area contributed by atoms with Crippen LogP contribution in [0.25, 0.3) is 0 Å². The smallest absolute Gasteiger partial charge is 0.350 e. The standard InChI is InChI=1S/C36H60N4O6/c1-5-24-13-14-30(38-6-2)26(17-24)21-45-34(44)36-33(43)29-10-8-7-9-28(29)32(42)35(36,46-36)19-27(20-41)23(3)11-12-25-15-16-39-31(18-25)40-22-37-4/h24-26,28-31,37-41H,5-22H2,1-4H3. The van der Waals surface area contributed by atoms with Gasteiger partial charge in [-0.1, -0.05) is 38.7 Å². The van der Waals surface area contributed by atoms with Gasteiger partial charge in [0.25, 0.3) is 5.60 Å². The number of carbonyl (C=O) groups excluding carboxylic acids is 3. The van der Waals surface area contributed by atoms with E-state index in [4.69, 9.17) is 9.47 Å². The number of nitrogens with one attached hydrogen (secondary N) is 4. The number of Topliss-reactive ketones (excluding diaryl/α,β-unsaturated/α-hetero) is 2. The number of piperidine rings is 1.